The van der Waals surface area contributed by atoms with Gasteiger partial charge in [-0.05, 0) is 17.2 Å². The van der Waals surface area contributed by atoms with Gasteiger partial charge in [0.2, 0.25) is 0 Å². The third-order valence-electron chi connectivity index (χ3n) is 2.80. The number of halogens is 3. The Morgan fingerprint density at radius 2 is 2.10 bits per heavy atom. The minimum atomic E-state index is -4.47. The zero-order valence-electron chi connectivity index (χ0n) is 10.4. The maximum absolute atomic E-state index is 13.1. The molecule has 1 aromatic carbocycles. The van der Waals surface area contributed by atoms with Crippen molar-refractivity contribution in [3.63, 3.8) is 0 Å². The van der Waals surface area contributed by atoms with Gasteiger partial charge in [-0.1, -0.05) is 12.1 Å². The highest BCUT2D eigenvalue weighted by atomic mass is 19.4. The van der Waals surface area contributed by atoms with Crippen LogP contribution in [0, 0.1) is 11.3 Å². The number of nitriles is 1. The van der Waals surface area contributed by atoms with Crippen molar-refractivity contribution in [3.8, 4) is 17.2 Å². The quantitative estimate of drug-likeness (QED) is 0.939. The standard InChI is InChI=1S/C13H11F3N4/c14-13(15,16)12-5-9(6-18)1-2-11(12)10-7-19-20(8-10)4-3-17/h1-2,5,7-8H,4,6,18H2. The molecule has 1 heterocycles. The summed E-state index contributed by atoms with van der Waals surface area (Å²) in [6.07, 6.45) is -1.75. The van der Waals surface area contributed by atoms with E-state index in [1.165, 1.54) is 23.1 Å². The lowest BCUT2D eigenvalue weighted by atomic mass is 9.99. The highest BCUT2D eigenvalue weighted by molar-refractivity contribution is 5.67. The maximum atomic E-state index is 13.1. The van der Waals surface area contributed by atoms with Crippen molar-refractivity contribution in [3.05, 3.63) is 41.7 Å². The van der Waals surface area contributed by atoms with E-state index in [9.17, 15) is 13.2 Å². The third-order valence-corrected chi connectivity index (χ3v) is 2.80. The smallest absolute Gasteiger partial charge is 0.326 e. The SMILES string of the molecule is N#CCn1cc(-c2ccc(CN)cc2C(F)(F)F)cn1. The molecule has 0 radical (unpaired) electrons. The van der Waals surface area contributed by atoms with Crippen LogP contribution in [0.25, 0.3) is 11.1 Å². The van der Waals surface area contributed by atoms with Crippen molar-refractivity contribution in [1.82, 2.24) is 9.78 Å². The minimum absolute atomic E-state index is 0.0117. The fourth-order valence-electron chi connectivity index (χ4n) is 1.87. The molecule has 0 saturated carbocycles. The molecule has 2 N–H and O–H groups in total. The molecule has 0 spiro atoms. The Hall–Kier alpha value is -2.33. The van der Waals surface area contributed by atoms with E-state index in [1.807, 2.05) is 6.07 Å². The monoisotopic (exact) mass is 280 g/mol. The Morgan fingerprint density at radius 1 is 1.35 bits per heavy atom. The Balaban J connectivity index is 2.52. The molecule has 0 aliphatic rings. The summed E-state index contributed by atoms with van der Waals surface area (Å²) in [4.78, 5) is 0. The zero-order valence-corrected chi connectivity index (χ0v) is 10.4. The van der Waals surface area contributed by atoms with Gasteiger partial charge >= 0.3 is 6.18 Å². The second-order valence-electron chi connectivity index (χ2n) is 4.17. The predicted molar refractivity (Wildman–Crippen MR) is 66.2 cm³/mol. The lowest BCUT2D eigenvalue weighted by Crippen LogP contribution is -2.09. The molecule has 0 amide bonds. The number of hydrogen-bond donors (Lipinski definition) is 1. The average molecular weight is 280 g/mol. The summed E-state index contributed by atoms with van der Waals surface area (Å²) < 4.78 is 40.5. The zero-order chi connectivity index (χ0) is 14.8. The third kappa shape index (κ3) is 2.81. The topological polar surface area (TPSA) is 67.6 Å². The van der Waals surface area contributed by atoms with Gasteiger partial charge in [0.05, 0.1) is 17.8 Å². The van der Waals surface area contributed by atoms with Crippen molar-refractivity contribution in [2.45, 2.75) is 19.3 Å². The molecule has 0 unspecified atom stereocenters. The van der Waals surface area contributed by atoms with Crippen LogP contribution in [-0.4, -0.2) is 9.78 Å². The number of benzene rings is 1. The van der Waals surface area contributed by atoms with Gasteiger partial charge in [-0.25, -0.2) is 0 Å². The van der Waals surface area contributed by atoms with E-state index >= 15 is 0 Å². The molecule has 0 atom stereocenters. The first-order chi connectivity index (χ1) is 9.45. The number of alkyl halides is 3. The summed E-state index contributed by atoms with van der Waals surface area (Å²) in [6, 6.07) is 5.83. The van der Waals surface area contributed by atoms with E-state index in [1.54, 1.807) is 6.07 Å². The van der Waals surface area contributed by atoms with Crippen molar-refractivity contribution in [2.24, 2.45) is 5.73 Å². The molecule has 0 aliphatic carbocycles. The molecular weight excluding hydrogens is 269 g/mol. The molecule has 4 nitrogen and oxygen atoms in total. The summed E-state index contributed by atoms with van der Waals surface area (Å²) in [6.45, 7) is 0.0271. The van der Waals surface area contributed by atoms with Gasteiger partial charge in [-0.15, -0.1) is 0 Å². The Bertz CT molecular complexity index is 652. The highest BCUT2D eigenvalue weighted by Crippen LogP contribution is 2.37. The number of nitrogens with zero attached hydrogens (tertiary/aromatic N) is 3. The van der Waals surface area contributed by atoms with Crippen molar-refractivity contribution in [1.29, 1.82) is 5.26 Å². The summed E-state index contributed by atoms with van der Waals surface area (Å²) >= 11 is 0. The van der Waals surface area contributed by atoms with Crippen LogP contribution in [0.1, 0.15) is 11.1 Å². The van der Waals surface area contributed by atoms with Crippen LogP contribution in [0.4, 0.5) is 13.2 Å². The molecule has 104 valence electrons. The number of rotatable bonds is 3. The van der Waals surface area contributed by atoms with E-state index in [0.717, 1.165) is 6.07 Å². The molecule has 0 bridgehead atoms. The molecule has 0 aliphatic heterocycles. The fraction of sp³-hybridized carbons (Fsp3) is 0.231. The van der Waals surface area contributed by atoms with Gasteiger partial charge in [-0.2, -0.15) is 23.5 Å². The Kier molecular flexibility index (Phi) is 3.77. The first-order valence-corrected chi connectivity index (χ1v) is 5.75. The highest BCUT2D eigenvalue weighted by Gasteiger charge is 2.34. The average Bonchev–Trinajstić information content (AvgIpc) is 2.86. The van der Waals surface area contributed by atoms with E-state index in [2.05, 4.69) is 5.10 Å². The van der Waals surface area contributed by atoms with Crippen LogP contribution in [0.2, 0.25) is 0 Å². The number of hydrogen-bond acceptors (Lipinski definition) is 3. The van der Waals surface area contributed by atoms with Crippen molar-refractivity contribution in [2.75, 3.05) is 0 Å². The second kappa shape index (κ2) is 5.35. The molecule has 1 aromatic heterocycles. The molecule has 2 aromatic rings. The van der Waals surface area contributed by atoms with Gasteiger partial charge in [-0.3, -0.25) is 4.68 Å². The van der Waals surface area contributed by atoms with Gasteiger partial charge < -0.3 is 5.73 Å². The van der Waals surface area contributed by atoms with Gasteiger partial charge in [0, 0.05) is 18.3 Å². The van der Waals surface area contributed by atoms with Crippen LogP contribution in [0.5, 0.6) is 0 Å². The molecular formula is C13H11F3N4. The van der Waals surface area contributed by atoms with Crippen molar-refractivity contribution >= 4 is 0 Å². The molecule has 0 fully saturated rings. The summed E-state index contributed by atoms with van der Waals surface area (Å²) in [7, 11) is 0. The Labute approximate surface area is 113 Å². The van der Waals surface area contributed by atoms with Crippen LogP contribution in [0.15, 0.2) is 30.6 Å². The first kappa shape index (κ1) is 14.1. The first-order valence-electron chi connectivity index (χ1n) is 5.75. The van der Waals surface area contributed by atoms with Gasteiger partial charge in [0.1, 0.15) is 6.54 Å². The lowest BCUT2D eigenvalue weighted by molar-refractivity contribution is -0.137. The van der Waals surface area contributed by atoms with Crippen LogP contribution < -0.4 is 5.73 Å². The van der Waals surface area contributed by atoms with E-state index < -0.39 is 11.7 Å². The fourth-order valence-corrected chi connectivity index (χ4v) is 1.87. The van der Waals surface area contributed by atoms with Crippen molar-refractivity contribution < 1.29 is 13.2 Å². The molecule has 2 rings (SSSR count). The second-order valence-corrected chi connectivity index (χ2v) is 4.17. The minimum Gasteiger partial charge on any atom is -0.326 e. The molecule has 20 heavy (non-hydrogen) atoms. The summed E-state index contributed by atoms with van der Waals surface area (Å²) in [5, 5.41) is 12.4. The maximum Gasteiger partial charge on any atom is 0.417 e. The summed E-state index contributed by atoms with van der Waals surface area (Å²) in [5.41, 5.74) is 5.37. The van der Waals surface area contributed by atoms with Crippen LogP contribution in [-0.2, 0) is 19.3 Å². The van der Waals surface area contributed by atoms with Gasteiger partial charge in [0.15, 0.2) is 0 Å². The molecule has 7 heteroatoms. The van der Waals surface area contributed by atoms with Crippen LogP contribution in [0.3, 0.4) is 0 Å². The molecule has 0 saturated heterocycles. The summed E-state index contributed by atoms with van der Waals surface area (Å²) in [5.74, 6) is 0. The number of nitrogens with two attached hydrogens (primary N) is 1. The largest absolute Gasteiger partial charge is 0.417 e. The normalized spacial score (nSPS) is 11.3. The Morgan fingerprint density at radius 3 is 2.70 bits per heavy atom. The lowest BCUT2D eigenvalue weighted by Gasteiger charge is -2.13. The van der Waals surface area contributed by atoms with Gasteiger partial charge in [0.25, 0.3) is 0 Å². The number of aromatic nitrogens is 2. The van der Waals surface area contributed by atoms with Crippen LogP contribution >= 0.6 is 0 Å². The van der Waals surface area contributed by atoms with E-state index in [4.69, 9.17) is 11.0 Å². The predicted octanol–water partition coefficient (Wildman–Crippen LogP) is 2.55. The van der Waals surface area contributed by atoms with E-state index in [-0.39, 0.29) is 18.7 Å². The van der Waals surface area contributed by atoms with E-state index in [0.29, 0.717) is 11.1 Å².